The molecule has 3 amide bonds. The number of rotatable bonds is 3. The van der Waals surface area contributed by atoms with Crippen molar-refractivity contribution in [3.63, 3.8) is 0 Å². The average molecular weight is 408 g/mol. The first-order valence-electron chi connectivity index (χ1n) is 9.28. The summed E-state index contributed by atoms with van der Waals surface area (Å²) in [6.45, 7) is 0.112. The molecular weight excluding hydrogens is 394 g/mol. The van der Waals surface area contributed by atoms with Gasteiger partial charge in [0.1, 0.15) is 6.07 Å². The molecule has 2 fully saturated rings. The van der Waals surface area contributed by atoms with Gasteiger partial charge in [-0.3, -0.25) is 10.1 Å². The lowest BCUT2D eigenvalue weighted by Crippen LogP contribution is -2.51. The van der Waals surface area contributed by atoms with Gasteiger partial charge in [0.15, 0.2) is 17.3 Å². The van der Waals surface area contributed by atoms with Crippen LogP contribution in [0.15, 0.2) is 30.6 Å². The molecule has 2 N–H and O–H groups in total. The zero-order valence-corrected chi connectivity index (χ0v) is 15.4. The average Bonchev–Trinajstić information content (AvgIpc) is 3.36. The molecular formula is C20H14F2N6O2. The Hall–Kier alpha value is -3.87. The van der Waals surface area contributed by atoms with E-state index in [1.54, 1.807) is 29.0 Å². The fraction of sp³-hybridized carbons (Fsp3) is 0.250. The van der Waals surface area contributed by atoms with Crippen LogP contribution in [0.25, 0.3) is 5.65 Å². The predicted octanol–water partition coefficient (Wildman–Crippen LogP) is 2.07. The van der Waals surface area contributed by atoms with Gasteiger partial charge < -0.3 is 5.32 Å². The molecule has 8 nitrogen and oxygen atoms in total. The molecule has 5 rings (SSSR count). The van der Waals surface area contributed by atoms with Crippen LogP contribution in [0.4, 0.5) is 13.6 Å². The number of benzene rings is 1. The van der Waals surface area contributed by atoms with E-state index in [1.807, 2.05) is 0 Å². The molecule has 3 aromatic rings. The summed E-state index contributed by atoms with van der Waals surface area (Å²) in [7, 11) is 0. The van der Waals surface area contributed by atoms with E-state index < -0.39 is 29.5 Å². The second-order valence-electron chi connectivity index (χ2n) is 7.36. The second-order valence-corrected chi connectivity index (χ2v) is 7.36. The Labute approximate surface area is 168 Å². The summed E-state index contributed by atoms with van der Waals surface area (Å²) >= 11 is 0. The van der Waals surface area contributed by atoms with Crippen molar-refractivity contribution < 1.29 is 18.4 Å². The fourth-order valence-corrected chi connectivity index (χ4v) is 3.99. The molecule has 3 atom stereocenters. The van der Waals surface area contributed by atoms with Crippen LogP contribution in [0.1, 0.15) is 46.6 Å². The minimum absolute atomic E-state index is 0.112. The summed E-state index contributed by atoms with van der Waals surface area (Å²) in [4.78, 5) is 27.9. The van der Waals surface area contributed by atoms with E-state index in [4.69, 9.17) is 5.26 Å². The molecule has 2 aliphatic rings. The minimum Gasteiger partial charge on any atom is -0.337 e. The largest absolute Gasteiger partial charge is 0.337 e. The Kier molecular flexibility index (Phi) is 3.99. The third-order valence-electron chi connectivity index (χ3n) is 5.61. The maximum absolute atomic E-state index is 14.5. The summed E-state index contributed by atoms with van der Waals surface area (Å²) < 4.78 is 30.1. The van der Waals surface area contributed by atoms with Crippen molar-refractivity contribution >= 4 is 17.6 Å². The first-order chi connectivity index (χ1) is 14.5. The van der Waals surface area contributed by atoms with Crippen molar-refractivity contribution in [1.82, 2.24) is 25.2 Å². The van der Waals surface area contributed by atoms with E-state index in [0.717, 1.165) is 5.56 Å². The van der Waals surface area contributed by atoms with Crippen LogP contribution in [-0.2, 0) is 4.79 Å². The maximum Gasteiger partial charge on any atom is 0.321 e. The lowest BCUT2D eigenvalue weighted by molar-refractivity contribution is -0.122. The van der Waals surface area contributed by atoms with Gasteiger partial charge in [-0.1, -0.05) is 6.07 Å². The number of amides is 3. The highest BCUT2D eigenvalue weighted by molar-refractivity contribution is 6.00. The molecule has 1 saturated heterocycles. The van der Waals surface area contributed by atoms with Gasteiger partial charge in [-0.15, -0.1) is 0 Å². The zero-order valence-electron chi connectivity index (χ0n) is 15.4. The first-order valence-corrected chi connectivity index (χ1v) is 9.28. The van der Waals surface area contributed by atoms with Gasteiger partial charge in [0.05, 0.1) is 17.2 Å². The van der Waals surface area contributed by atoms with Crippen LogP contribution < -0.4 is 10.6 Å². The smallest absolute Gasteiger partial charge is 0.321 e. The molecule has 0 bridgehead atoms. The second kappa shape index (κ2) is 6.59. The number of imidazole rings is 1. The molecule has 1 aromatic carbocycles. The van der Waals surface area contributed by atoms with Gasteiger partial charge >= 0.3 is 6.03 Å². The number of hydrogen-bond donors (Lipinski definition) is 2. The van der Waals surface area contributed by atoms with E-state index in [1.165, 1.54) is 12.1 Å². The van der Waals surface area contributed by atoms with E-state index in [9.17, 15) is 18.4 Å². The molecule has 2 aromatic heterocycles. The molecule has 1 aliphatic carbocycles. The van der Waals surface area contributed by atoms with Crippen LogP contribution in [0.2, 0.25) is 0 Å². The van der Waals surface area contributed by atoms with Crippen molar-refractivity contribution in [2.45, 2.75) is 24.2 Å². The fourth-order valence-electron chi connectivity index (χ4n) is 3.99. The Morgan fingerprint density at radius 1 is 1.17 bits per heavy atom. The Morgan fingerprint density at radius 2 is 1.97 bits per heavy atom. The number of nitrogens with zero attached hydrogens (tertiary/aromatic N) is 4. The third kappa shape index (κ3) is 2.78. The molecule has 150 valence electrons. The van der Waals surface area contributed by atoms with Crippen molar-refractivity contribution in [3.8, 4) is 6.07 Å². The Bertz CT molecular complexity index is 1260. The van der Waals surface area contributed by atoms with Gasteiger partial charge in [-0.05, 0) is 36.0 Å². The normalized spacial score (nSPS) is 23.0. The van der Waals surface area contributed by atoms with E-state index in [2.05, 4.69) is 20.7 Å². The SMILES string of the molecule is N#Cc1ccc([C@H]2C[C@@H]2c2cc(C3CNC(=O)NC3=O)nn3ccnc23)c(F)c1F. The van der Waals surface area contributed by atoms with Crippen molar-refractivity contribution in [3.05, 3.63) is 64.6 Å². The molecule has 10 heteroatoms. The van der Waals surface area contributed by atoms with Gasteiger partial charge in [0.2, 0.25) is 5.91 Å². The molecule has 0 radical (unpaired) electrons. The number of hydrogen-bond acceptors (Lipinski definition) is 5. The van der Waals surface area contributed by atoms with Crippen molar-refractivity contribution in [2.24, 2.45) is 0 Å². The van der Waals surface area contributed by atoms with E-state index in [-0.39, 0.29) is 29.5 Å². The van der Waals surface area contributed by atoms with Crippen LogP contribution in [-0.4, -0.2) is 33.1 Å². The third-order valence-corrected chi connectivity index (χ3v) is 5.61. The summed E-state index contributed by atoms with van der Waals surface area (Å²) in [5, 5.41) is 18.1. The Morgan fingerprint density at radius 3 is 2.73 bits per heavy atom. The molecule has 1 aliphatic heterocycles. The van der Waals surface area contributed by atoms with Crippen molar-refractivity contribution in [2.75, 3.05) is 6.54 Å². The number of nitriles is 1. The standard InChI is InChI=1S/C20H14F2N6O2/c21-16-9(7-23)1-2-10(17(16)22)11-5-12(11)13-6-15(27-28-4-3-24-18(13)28)14-8-25-20(30)26-19(14)29/h1-4,6,11-12,14H,5,8H2,(H2,25,26,29,30)/t11-,12+,14?/m1/s1. The quantitative estimate of drug-likeness (QED) is 0.689. The number of carbonyl (C=O) groups is 2. The van der Waals surface area contributed by atoms with Crippen molar-refractivity contribution in [1.29, 1.82) is 5.26 Å². The maximum atomic E-state index is 14.5. The minimum atomic E-state index is -1.14. The predicted molar refractivity (Wildman–Crippen MR) is 98.4 cm³/mol. The van der Waals surface area contributed by atoms with Gasteiger partial charge in [0, 0.05) is 24.5 Å². The number of carbonyl (C=O) groups excluding carboxylic acids is 2. The van der Waals surface area contributed by atoms with E-state index >= 15 is 0 Å². The highest BCUT2D eigenvalue weighted by atomic mass is 19.2. The van der Waals surface area contributed by atoms with Gasteiger partial charge in [-0.2, -0.15) is 10.4 Å². The molecule has 0 spiro atoms. The highest BCUT2D eigenvalue weighted by Gasteiger charge is 2.44. The number of aromatic nitrogens is 3. The lowest BCUT2D eigenvalue weighted by atomic mass is 9.98. The van der Waals surface area contributed by atoms with Crippen LogP contribution in [0.3, 0.4) is 0 Å². The topological polar surface area (TPSA) is 112 Å². The molecule has 1 saturated carbocycles. The van der Waals surface area contributed by atoms with Gasteiger partial charge in [0.25, 0.3) is 0 Å². The molecule has 3 heterocycles. The highest BCUT2D eigenvalue weighted by Crippen LogP contribution is 2.56. The van der Waals surface area contributed by atoms with Crippen LogP contribution in [0.5, 0.6) is 0 Å². The number of fused-ring (bicyclic) bond motifs is 1. The van der Waals surface area contributed by atoms with Crippen LogP contribution in [0, 0.1) is 23.0 Å². The van der Waals surface area contributed by atoms with Gasteiger partial charge in [-0.25, -0.2) is 23.1 Å². The monoisotopic (exact) mass is 408 g/mol. The van der Waals surface area contributed by atoms with Crippen LogP contribution >= 0.6 is 0 Å². The number of imide groups is 1. The Balaban J connectivity index is 1.52. The molecule has 1 unspecified atom stereocenters. The first kappa shape index (κ1) is 18.2. The molecule has 30 heavy (non-hydrogen) atoms. The lowest BCUT2D eigenvalue weighted by Gasteiger charge is -2.22. The summed E-state index contributed by atoms with van der Waals surface area (Å²) in [6.07, 6.45) is 3.78. The number of urea groups is 1. The zero-order chi connectivity index (χ0) is 21.0. The number of halogens is 2. The number of nitrogens with one attached hydrogen (secondary N) is 2. The van der Waals surface area contributed by atoms with E-state index in [0.29, 0.717) is 17.8 Å². The summed E-state index contributed by atoms with van der Waals surface area (Å²) in [6, 6.07) is 5.54. The summed E-state index contributed by atoms with van der Waals surface area (Å²) in [5.41, 5.74) is 1.66. The summed E-state index contributed by atoms with van der Waals surface area (Å²) in [5.74, 6) is -3.69.